The van der Waals surface area contributed by atoms with Gasteiger partial charge in [-0.1, -0.05) is 19.1 Å². The first-order valence-electron chi connectivity index (χ1n) is 9.81. The number of methoxy groups -OCH3 is 1. The van der Waals surface area contributed by atoms with Crippen LogP contribution >= 0.6 is 0 Å². The standard InChI is InChI=1S/C20H29N7O2/c1-5-14(12(3)28)24-20-25-18(17-19(26-20)27(6-2)11-23-17)22-10-13-8-7-9-15(29-4)16(13)21/h7-9,11-12,14,28H,5-6,10,21H2,1-4H3,(H2,22,24,25,26). The molecule has 2 heterocycles. The van der Waals surface area contributed by atoms with Crippen molar-refractivity contribution < 1.29 is 9.84 Å². The quantitative estimate of drug-likeness (QED) is 0.405. The van der Waals surface area contributed by atoms with E-state index < -0.39 is 6.10 Å². The summed E-state index contributed by atoms with van der Waals surface area (Å²) in [6.45, 7) is 6.99. The molecule has 156 valence electrons. The molecule has 3 aromatic rings. The Balaban J connectivity index is 1.94. The highest BCUT2D eigenvalue weighted by atomic mass is 16.5. The van der Waals surface area contributed by atoms with E-state index in [0.29, 0.717) is 35.3 Å². The lowest BCUT2D eigenvalue weighted by Gasteiger charge is -2.20. The van der Waals surface area contributed by atoms with Crippen LogP contribution in [0.1, 0.15) is 32.8 Å². The largest absolute Gasteiger partial charge is 0.495 e. The molecule has 0 fully saturated rings. The number of nitrogens with one attached hydrogen (secondary N) is 2. The van der Waals surface area contributed by atoms with Crippen molar-refractivity contribution in [3.63, 3.8) is 0 Å². The van der Waals surface area contributed by atoms with Gasteiger partial charge < -0.3 is 30.8 Å². The molecule has 0 amide bonds. The molecule has 0 aliphatic heterocycles. The van der Waals surface area contributed by atoms with Crippen LogP contribution in [0.3, 0.4) is 0 Å². The van der Waals surface area contributed by atoms with E-state index in [-0.39, 0.29) is 6.04 Å². The van der Waals surface area contributed by atoms with Crippen LogP contribution in [0.5, 0.6) is 5.75 Å². The van der Waals surface area contributed by atoms with Crippen molar-refractivity contribution in [3.8, 4) is 5.75 Å². The number of fused-ring (bicyclic) bond motifs is 1. The first-order valence-corrected chi connectivity index (χ1v) is 9.81. The first kappa shape index (κ1) is 20.7. The number of hydrogen-bond acceptors (Lipinski definition) is 8. The van der Waals surface area contributed by atoms with Crippen molar-refractivity contribution in [3.05, 3.63) is 30.1 Å². The van der Waals surface area contributed by atoms with Crippen LogP contribution in [0.25, 0.3) is 11.2 Å². The number of nitrogens with zero attached hydrogens (tertiary/aromatic N) is 4. The van der Waals surface area contributed by atoms with Crippen LogP contribution in [0, 0.1) is 0 Å². The van der Waals surface area contributed by atoms with E-state index in [2.05, 4.69) is 25.6 Å². The molecular formula is C20H29N7O2. The summed E-state index contributed by atoms with van der Waals surface area (Å²) in [5.41, 5.74) is 9.09. The highest BCUT2D eigenvalue weighted by Gasteiger charge is 2.18. The summed E-state index contributed by atoms with van der Waals surface area (Å²) in [7, 11) is 1.60. The molecular weight excluding hydrogens is 370 g/mol. The van der Waals surface area contributed by atoms with Crippen LogP contribution in [0.15, 0.2) is 24.5 Å². The van der Waals surface area contributed by atoms with Gasteiger partial charge in [0.15, 0.2) is 17.0 Å². The molecule has 29 heavy (non-hydrogen) atoms. The fourth-order valence-corrected chi connectivity index (χ4v) is 3.19. The molecule has 0 saturated carbocycles. The number of rotatable bonds is 9. The number of para-hydroxylation sites is 1. The zero-order chi connectivity index (χ0) is 21.0. The lowest BCUT2D eigenvalue weighted by atomic mass is 10.1. The summed E-state index contributed by atoms with van der Waals surface area (Å²) >= 11 is 0. The molecule has 9 nitrogen and oxygen atoms in total. The normalized spacial score (nSPS) is 13.3. The molecule has 3 rings (SSSR count). The Morgan fingerprint density at radius 3 is 2.72 bits per heavy atom. The summed E-state index contributed by atoms with van der Waals surface area (Å²) < 4.78 is 7.25. The number of ether oxygens (including phenoxy) is 1. The van der Waals surface area contributed by atoms with E-state index in [1.165, 1.54) is 0 Å². The summed E-state index contributed by atoms with van der Waals surface area (Å²) in [6, 6.07) is 5.52. The molecule has 0 spiro atoms. The maximum absolute atomic E-state index is 9.97. The van der Waals surface area contributed by atoms with Crippen molar-refractivity contribution >= 4 is 28.6 Å². The molecule has 0 bridgehead atoms. The Morgan fingerprint density at radius 1 is 1.28 bits per heavy atom. The van der Waals surface area contributed by atoms with Crippen molar-refractivity contribution in [1.82, 2.24) is 19.5 Å². The summed E-state index contributed by atoms with van der Waals surface area (Å²) in [4.78, 5) is 13.7. The Kier molecular flexibility index (Phi) is 6.38. The lowest BCUT2D eigenvalue weighted by molar-refractivity contribution is 0.169. The maximum Gasteiger partial charge on any atom is 0.227 e. The molecule has 9 heteroatoms. The minimum absolute atomic E-state index is 0.146. The van der Waals surface area contributed by atoms with Gasteiger partial charge in [-0.3, -0.25) is 0 Å². The van der Waals surface area contributed by atoms with Gasteiger partial charge in [-0.15, -0.1) is 0 Å². The Labute approximate surface area is 170 Å². The number of anilines is 3. The second kappa shape index (κ2) is 8.95. The van der Waals surface area contributed by atoms with Gasteiger partial charge in [-0.05, 0) is 31.9 Å². The van der Waals surface area contributed by atoms with Gasteiger partial charge in [0, 0.05) is 13.1 Å². The second-order valence-electron chi connectivity index (χ2n) is 6.88. The van der Waals surface area contributed by atoms with E-state index >= 15 is 0 Å². The fraction of sp³-hybridized carbons (Fsp3) is 0.450. The maximum atomic E-state index is 9.97. The number of aromatic nitrogens is 4. The van der Waals surface area contributed by atoms with Gasteiger partial charge in [0.05, 0.1) is 31.3 Å². The van der Waals surface area contributed by atoms with Crippen molar-refractivity contribution in [2.75, 3.05) is 23.5 Å². The highest BCUT2D eigenvalue weighted by Crippen LogP contribution is 2.27. The van der Waals surface area contributed by atoms with Gasteiger partial charge in [0.1, 0.15) is 5.75 Å². The molecule has 2 aromatic heterocycles. The Hall–Kier alpha value is -3.07. The van der Waals surface area contributed by atoms with Crippen molar-refractivity contribution in [2.24, 2.45) is 0 Å². The number of nitrogens with two attached hydrogens (primary N) is 1. The van der Waals surface area contributed by atoms with E-state index in [1.54, 1.807) is 20.4 Å². The predicted octanol–water partition coefficient (Wildman–Crippen LogP) is 2.62. The minimum Gasteiger partial charge on any atom is -0.495 e. The van der Waals surface area contributed by atoms with Crippen LogP contribution in [-0.4, -0.2) is 43.9 Å². The van der Waals surface area contributed by atoms with Crippen LogP contribution in [-0.2, 0) is 13.1 Å². The summed E-state index contributed by atoms with van der Waals surface area (Å²) in [6.07, 6.45) is 1.97. The van der Waals surface area contributed by atoms with E-state index in [1.807, 2.05) is 36.6 Å². The fourth-order valence-electron chi connectivity index (χ4n) is 3.19. The molecule has 0 radical (unpaired) electrons. The van der Waals surface area contributed by atoms with E-state index in [4.69, 9.17) is 10.5 Å². The van der Waals surface area contributed by atoms with E-state index in [9.17, 15) is 5.11 Å². The number of imidazole rings is 1. The van der Waals surface area contributed by atoms with Crippen molar-refractivity contribution in [2.45, 2.75) is 52.4 Å². The van der Waals surface area contributed by atoms with Crippen LogP contribution in [0.2, 0.25) is 0 Å². The number of hydrogen-bond donors (Lipinski definition) is 4. The van der Waals surface area contributed by atoms with Gasteiger partial charge in [0.2, 0.25) is 5.95 Å². The number of aliphatic hydroxyl groups excluding tert-OH is 1. The summed E-state index contributed by atoms with van der Waals surface area (Å²) in [5.74, 6) is 1.69. The Bertz CT molecular complexity index is 971. The Morgan fingerprint density at radius 2 is 2.07 bits per heavy atom. The first-order chi connectivity index (χ1) is 14.0. The van der Waals surface area contributed by atoms with Gasteiger partial charge in [-0.25, -0.2) is 4.98 Å². The predicted molar refractivity (Wildman–Crippen MR) is 115 cm³/mol. The average molecular weight is 399 g/mol. The van der Waals surface area contributed by atoms with E-state index in [0.717, 1.165) is 24.2 Å². The van der Waals surface area contributed by atoms with Crippen LogP contribution in [0.4, 0.5) is 17.5 Å². The molecule has 0 aliphatic carbocycles. The molecule has 2 atom stereocenters. The molecule has 0 aliphatic rings. The number of benzene rings is 1. The van der Waals surface area contributed by atoms with Gasteiger partial charge >= 0.3 is 0 Å². The smallest absolute Gasteiger partial charge is 0.227 e. The third kappa shape index (κ3) is 4.34. The third-order valence-electron chi connectivity index (χ3n) is 4.96. The zero-order valence-electron chi connectivity index (χ0n) is 17.3. The lowest BCUT2D eigenvalue weighted by Crippen LogP contribution is -2.31. The van der Waals surface area contributed by atoms with Gasteiger partial charge in [0.25, 0.3) is 0 Å². The summed E-state index contributed by atoms with van der Waals surface area (Å²) in [5, 5.41) is 16.5. The number of aryl methyl sites for hydroxylation is 1. The minimum atomic E-state index is -0.525. The topological polar surface area (TPSA) is 123 Å². The zero-order valence-corrected chi connectivity index (χ0v) is 17.3. The number of nitrogen functional groups attached to an aromatic ring is 1. The molecule has 2 unspecified atom stereocenters. The average Bonchev–Trinajstić information content (AvgIpc) is 3.14. The highest BCUT2D eigenvalue weighted by molar-refractivity contribution is 5.84. The number of aliphatic hydroxyl groups is 1. The van der Waals surface area contributed by atoms with Gasteiger partial charge in [-0.2, -0.15) is 9.97 Å². The molecule has 5 N–H and O–H groups in total. The molecule has 0 saturated heterocycles. The second-order valence-corrected chi connectivity index (χ2v) is 6.88. The van der Waals surface area contributed by atoms with Crippen molar-refractivity contribution in [1.29, 1.82) is 0 Å². The van der Waals surface area contributed by atoms with Crippen LogP contribution < -0.4 is 21.1 Å². The third-order valence-corrected chi connectivity index (χ3v) is 4.96. The molecule has 1 aromatic carbocycles. The SMILES string of the molecule is CCC(Nc1nc(NCc2cccc(OC)c2N)c2ncn(CC)c2n1)C(C)O. The monoisotopic (exact) mass is 399 g/mol.